The summed E-state index contributed by atoms with van der Waals surface area (Å²) in [5, 5.41) is 9.53. The van der Waals surface area contributed by atoms with E-state index in [4.69, 9.17) is 21.9 Å². The minimum atomic E-state index is -4.12. The number of rotatable bonds is 2. The number of nitrogens with two attached hydrogens (primary N) is 2. The van der Waals surface area contributed by atoms with Crippen molar-refractivity contribution >= 4 is 47.6 Å². The molecule has 1 aromatic rings. The lowest BCUT2D eigenvalue weighted by atomic mass is 10.4. The second-order valence-corrected chi connectivity index (χ2v) is 7.13. The van der Waals surface area contributed by atoms with Crippen molar-refractivity contribution in [3.63, 3.8) is 0 Å². The molecule has 0 radical (unpaired) electrons. The Bertz CT molecular complexity index is 641. The number of halogens is 2. The maximum atomic E-state index is 11.1. The van der Waals surface area contributed by atoms with E-state index in [9.17, 15) is 16.8 Å². The van der Waals surface area contributed by atoms with Gasteiger partial charge in [0, 0.05) is 4.47 Å². The second kappa shape index (κ2) is 4.24. The Morgan fingerprint density at radius 1 is 1.06 bits per heavy atom. The molecule has 0 heterocycles. The summed E-state index contributed by atoms with van der Waals surface area (Å²) in [5.41, 5.74) is 0. The molecule has 0 spiro atoms. The molecule has 16 heavy (non-hydrogen) atoms. The van der Waals surface area contributed by atoms with Gasteiger partial charge in [-0.15, -0.1) is 0 Å². The molecule has 90 valence electrons. The molecular formula is C6H6BrClN2O4S2. The molecule has 0 bridgehead atoms. The Hall–Kier alpha value is -0.190. The summed E-state index contributed by atoms with van der Waals surface area (Å²) >= 11 is 8.57. The second-order valence-electron chi connectivity index (χ2n) is 2.81. The molecule has 0 unspecified atom stereocenters. The molecule has 0 aromatic heterocycles. The molecule has 0 aliphatic carbocycles. The lowest BCUT2D eigenvalue weighted by Crippen LogP contribution is -2.16. The van der Waals surface area contributed by atoms with Crippen molar-refractivity contribution in [3.8, 4) is 0 Å². The fraction of sp³-hybridized carbons (Fsp3) is 0. The van der Waals surface area contributed by atoms with Crippen molar-refractivity contribution in [2.24, 2.45) is 10.3 Å². The topological polar surface area (TPSA) is 120 Å². The minimum Gasteiger partial charge on any atom is -0.225 e. The Balaban J connectivity index is 3.72. The van der Waals surface area contributed by atoms with Crippen LogP contribution in [0.3, 0.4) is 0 Å². The van der Waals surface area contributed by atoms with Gasteiger partial charge in [-0.2, -0.15) is 0 Å². The van der Waals surface area contributed by atoms with Crippen molar-refractivity contribution < 1.29 is 16.8 Å². The highest BCUT2D eigenvalue weighted by molar-refractivity contribution is 9.10. The molecule has 4 N–H and O–H groups in total. The van der Waals surface area contributed by atoms with Gasteiger partial charge >= 0.3 is 0 Å². The molecule has 1 rings (SSSR count). The monoisotopic (exact) mass is 348 g/mol. The highest BCUT2D eigenvalue weighted by Gasteiger charge is 2.20. The van der Waals surface area contributed by atoms with Crippen LogP contribution in [0.15, 0.2) is 26.4 Å². The van der Waals surface area contributed by atoms with Gasteiger partial charge < -0.3 is 0 Å². The van der Waals surface area contributed by atoms with Crippen molar-refractivity contribution in [2.75, 3.05) is 0 Å². The normalized spacial score (nSPS) is 12.8. The van der Waals surface area contributed by atoms with Gasteiger partial charge in [-0.3, -0.25) is 0 Å². The van der Waals surface area contributed by atoms with Crippen molar-refractivity contribution in [3.05, 3.63) is 21.6 Å². The first-order valence-corrected chi connectivity index (χ1v) is 7.84. The maximum absolute atomic E-state index is 11.1. The minimum absolute atomic E-state index is 0.0738. The van der Waals surface area contributed by atoms with E-state index in [1.165, 1.54) is 0 Å². The Labute approximate surface area is 106 Å². The van der Waals surface area contributed by atoms with E-state index < -0.39 is 29.8 Å². The summed E-state index contributed by atoms with van der Waals surface area (Å²) in [6, 6.07) is 1.89. The van der Waals surface area contributed by atoms with Gasteiger partial charge in [0.05, 0.1) is 9.92 Å². The van der Waals surface area contributed by atoms with Crippen LogP contribution in [0, 0.1) is 0 Å². The van der Waals surface area contributed by atoms with Crippen LogP contribution >= 0.6 is 27.5 Å². The molecule has 6 nitrogen and oxygen atoms in total. The third-order valence-corrected chi connectivity index (χ3v) is 4.80. The summed E-state index contributed by atoms with van der Waals surface area (Å²) in [6.07, 6.45) is 0. The van der Waals surface area contributed by atoms with Gasteiger partial charge in [0.1, 0.15) is 4.90 Å². The zero-order valence-electron chi connectivity index (χ0n) is 7.51. The zero-order valence-corrected chi connectivity index (χ0v) is 11.5. The predicted octanol–water partition coefficient (Wildman–Crippen LogP) is 0.397. The van der Waals surface area contributed by atoms with Crippen LogP contribution in [-0.2, 0) is 20.0 Å². The van der Waals surface area contributed by atoms with Crippen LogP contribution in [0.2, 0.25) is 5.02 Å². The van der Waals surface area contributed by atoms with Crippen molar-refractivity contribution in [1.29, 1.82) is 0 Å². The van der Waals surface area contributed by atoms with E-state index in [2.05, 4.69) is 15.9 Å². The average Bonchev–Trinajstić information content (AvgIpc) is 2.05. The van der Waals surface area contributed by atoms with Gasteiger partial charge in [0.2, 0.25) is 20.0 Å². The summed E-state index contributed by atoms with van der Waals surface area (Å²) in [5.74, 6) is 0. The molecule has 1 aromatic carbocycles. The number of sulfonamides is 2. The molecule has 0 fully saturated rings. The highest BCUT2D eigenvalue weighted by Crippen LogP contribution is 2.31. The van der Waals surface area contributed by atoms with Crippen molar-refractivity contribution in [2.45, 2.75) is 9.79 Å². The van der Waals surface area contributed by atoms with Crippen LogP contribution in [0.1, 0.15) is 0 Å². The average molecular weight is 350 g/mol. The summed E-state index contributed by atoms with van der Waals surface area (Å²) < 4.78 is 44.4. The third-order valence-electron chi connectivity index (χ3n) is 1.60. The Morgan fingerprint density at radius 2 is 1.56 bits per heavy atom. The van der Waals surface area contributed by atoms with Gasteiger partial charge in [-0.1, -0.05) is 11.6 Å². The molecule has 10 heteroatoms. The lowest BCUT2D eigenvalue weighted by molar-refractivity contribution is 0.596. The van der Waals surface area contributed by atoms with Crippen LogP contribution in [-0.4, -0.2) is 16.8 Å². The smallest absolute Gasteiger partial charge is 0.225 e. The number of primary sulfonamides is 2. The van der Waals surface area contributed by atoms with E-state index >= 15 is 0 Å². The Morgan fingerprint density at radius 3 is 1.94 bits per heavy atom. The van der Waals surface area contributed by atoms with Gasteiger partial charge in [-0.25, -0.2) is 27.1 Å². The molecule has 0 saturated heterocycles. The molecule has 0 atom stereocenters. The fourth-order valence-electron chi connectivity index (χ4n) is 0.911. The molecule has 0 aliphatic rings. The third kappa shape index (κ3) is 2.93. The molecular weight excluding hydrogens is 344 g/mol. The predicted molar refractivity (Wildman–Crippen MR) is 61.9 cm³/mol. The first kappa shape index (κ1) is 13.9. The van der Waals surface area contributed by atoms with Crippen LogP contribution in [0.25, 0.3) is 0 Å². The molecule has 0 aliphatic heterocycles. The van der Waals surface area contributed by atoms with E-state index in [1.807, 2.05) is 0 Å². The van der Waals surface area contributed by atoms with E-state index in [0.717, 1.165) is 12.1 Å². The number of hydrogen-bond donors (Lipinski definition) is 2. The van der Waals surface area contributed by atoms with Gasteiger partial charge in [0.15, 0.2) is 0 Å². The summed E-state index contributed by atoms with van der Waals surface area (Å²) in [6.45, 7) is 0. The van der Waals surface area contributed by atoms with Gasteiger partial charge in [-0.05, 0) is 28.1 Å². The summed E-state index contributed by atoms with van der Waals surface area (Å²) in [4.78, 5) is -0.902. The molecule has 0 amide bonds. The number of benzene rings is 1. The van der Waals surface area contributed by atoms with E-state index in [0.29, 0.717) is 0 Å². The SMILES string of the molecule is NS(=O)(=O)c1cc(Br)c(Cl)c(S(N)(=O)=O)c1. The first-order chi connectivity index (χ1) is 7.03. The zero-order chi connectivity index (χ0) is 12.7. The van der Waals surface area contributed by atoms with Gasteiger partial charge in [0.25, 0.3) is 0 Å². The number of hydrogen-bond acceptors (Lipinski definition) is 4. The van der Waals surface area contributed by atoms with E-state index in [1.54, 1.807) is 0 Å². The Kier molecular flexibility index (Phi) is 3.68. The first-order valence-electron chi connectivity index (χ1n) is 3.58. The van der Waals surface area contributed by atoms with Crippen LogP contribution in [0.4, 0.5) is 0 Å². The lowest BCUT2D eigenvalue weighted by Gasteiger charge is -2.06. The van der Waals surface area contributed by atoms with Crippen LogP contribution < -0.4 is 10.3 Å². The maximum Gasteiger partial charge on any atom is 0.239 e. The summed E-state index contributed by atoms with van der Waals surface area (Å²) in [7, 11) is -8.15. The van der Waals surface area contributed by atoms with E-state index in [-0.39, 0.29) is 9.50 Å². The quantitative estimate of drug-likeness (QED) is 0.802. The highest BCUT2D eigenvalue weighted by atomic mass is 79.9. The largest absolute Gasteiger partial charge is 0.239 e. The fourth-order valence-corrected chi connectivity index (χ4v) is 3.38. The molecule has 0 saturated carbocycles. The van der Waals surface area contributed by atoms with Crippen LogP contribution in [0.5, 0.6) is 0 Å². The van der Waals surface area contributed by atoms with Crippen molar-refractivity contribution in [1.82, 2.24) is 0 Å². The standard InChI is InChI=1S/C6H6BrClN2O4S2/c7-4-1-3(15(9,11)12)2-5(6(4)8)16(10,13)14/h1-2H,(H2,9,11,12)(H2,10,13,14).